The maximum atomic E-state index is 0. The van der Waals surface area contributed by atoms with Crippen molar-refractivity contribution in [2.45, 2.75) is 0 Å². The third-order valence-corrected chi connectivity index (χ3v) is 0. The summed E-state index contributed by atoms with van der Waals surface area (Å²) in [5, 5.41) is 0. The van der Waals surface area contributed by atoms with Crippen molar-refractivity contribution in [1.82, 2.24) is 0 Å². The van der Waals surface area contributed by atoms with E-state index >= 15 is 0 Å². The fourth-order valence-electron chi connectivity index (χ4n) is 0. The minimum atomic E-state index is 0. The first-order valence-corrected chi connectivity index (χ1v) is 0. The Hall–Kier alpha value is 1.63. The van der Waals surface area contributed by atoms with E-state index < -0.39 is 0 Å². The Kier molecular flexibility index (Phi) is 6360. The molecule has 0 aromatic rings. The monoisotopic (exact) mass is 315 g/mol. The molecule has 0 aromatic carbocycles. The van der Waals surface area contributed by atoms with Crippen LogP contribution in [0, 0.1) is 46.9 Å². The molecule has 59 valence electrons. The van der Waals surface area contributed by atoms with E-state index in [1.807, 2.05) is 0 Å². The molecule has 0 heterocycles. The number of hydrogen-bond acceptors (Lipinski definition) is 0. The van der Waals surface area contributed by atoms with Gasteiger partial charge in [-0.05, 0) is 0 Å². The molecule has 0 atom stereocenters. The van der Waals surface area contributed by atoms with Crippen molar-refractivity contribution < 1.29 is 75.1 Å². The van der Waals surface area contributed by atoms with Gasteiger partial charge >= 0.3 is 64.3 Å². The summed E-state index contributed by atoms with van der Waals surface area (Å²) >= 11 is 0. The third kappa shape index (κ3) is 126. The summed E-state index contributed by atoms with van der Waals surface area (Å²) in [5.74, 6) is 0. The SMILES string of the molecule is [Al+3].[F-].[F-].[F-].[F-].[F-].[F-].[Yb+3]. The molecular formula is AlF6Yb. The van der Waals surface area contributed by atoms with E-state index in [-0.39, 0.29) is 92.5 Å². The quantitative estimate of drug-likeness (QED) is 0.308. The topological polar surface area (TPSA) is 0 Å². The maximum Gasteiger partial charge on any atom is 3.00 e. The molecule has 0 fully saturated rings. The first-order chi connectivity index (χ1) is 0. The normalized spacial score (nSPS) is 0. The zero-order valence-electron chi connectivity index (χ0n) is 3.11. The van der Waals surface area contributed by atoms with E-state index in [0.29, 0.717) is 0 Å². The van der Waals surface area contributed by atoms with Crippen LogP contribution in [0.5, 0.6) is 0 Å². The molecule has 8 heavy (non-hydrogen) atoms. The molecule has 0 rings (SSSR count). The molecule has 8 heteroatoms. The largest absolute Gasteiger partial charge is 3.00 e. The first kappa shape index (κ1) is 269. The van der Waals surface area contributed by atoms with Gasteiger partial charge in [0.2, 0.25) is 0 Å². The Morgan fingerprint density at radius 1 is 0.375 bits per heavy atom. The first-order valence-electron chi connectivity index (χ1n) is 0. The van der Waals surface area contributed by atoms with Crippen LogP contribution in [0.1, 0.15) is 0 Å². The van der Waals surface area contributed by atoms with Crippen LogP contribution in [0.2, 0.25) is 0 Å². The van der Waals surface area contributed by atoms with E-state index in [9.17, 15) is 0 Å². The van der Waals surface area contributed by atoms with Crippen molar-refractivity contribution in [2.24, 2.45) is 0 Å². The second kappa shape index (κ2) is 189. The van der Waals surface area contributed by atoms with Gasteiger partial charge in [-0.15, -0.1) is 0 Å². The molecule has 0 saturated heterocycles. The number of rotatable bonds is 0. The molecule has 0 aliphatic rings. The molecule has 0 aliphatic heterocycles. The van der Waals surface area contributed by atoms with E-state index in [2.05, 4.69) is 0 Å². The molecule has 0 bridgehead atoms. The summed E-state index contributed by atoms with van der Waals surface area (Å²) in [5.41, 5.74) is 0. The van der Waals surface area contributed by atoms with Gasteiger partial charge in [-0.25, -0.2) is 0 Å². The second-order valence-electron chi connectivity index (χ2n) is 0. The van der Waals surface area contributed by atoms with Crippen molar-refractivity contribution in [3.8, 4) is 0 Å². The summed E-state index contributed by atoms with van der Waals surface area (Å²) in [4.78, 5) is 0. The minimum absolute atomic E-state index is 0. The van der Waals surface area contributed by atoms with Gasteiger partial charge in [-0.2, -0.15) is 0 Å². The van der Waals surface area contributed by atoms with Crippen molar-refractivity contribution in [3.05, 3.63) is 0 Å². The Morgan fingerprint density at radius 3 is 0.375 bits per heavy atom. The fraction of sp³-hybridized carbons (Fsp3) is 0. The Labute approximate surface area is 91.4 Å². The summed E-state index contributed by atoms with van der Waals surface area (Å²) in [6.07, 6.45) is 0. The average Bonchev–Trinajstić information content (AvgIpc) is 0. The van der Waals surface area contributed by atoms with E-state index in [0.717, 1.165) is 0 Å². The van der Waals surface area contributed by atoms with E-state index in [1.54, 1.807) is 0 Å². The zero-order chi connectivity index (χ0) is 0. The van der Waals surface area contributed by atoms with Crippen LogP contribution < -0.4 is 28.2 Å². The molecule has 0 N–H and O–H groups in total. The van der Waals surface area contributed by atoms with Crippen LogP contribution >= 0.6 is 0 Å². The van der Waals surface area contributed by atoms with Gasteiger partial charge < -0.3 is 28.2 Å². The van der Waals surface area contributed by atoms with E-state index in [1.165, 1.54) is 0 Å². The molecule has 0 spiro atoms. The van der Waals surface area contributed by atoms with Gasteiger partial charge in [-0.3, -0.25) is 0 Å². The van der Waals surface area contributed by atoms with Gasteiger partial charge in [-0.1, -0.05) is 0 Å². The zero-order valence-corrected chi connectivity index (χ0v) is 5.98. The Balaban J connectivity index is 0. The molecule has 0 amide bonds. The predicted molar refractivity (Wildman–Crippen MR) is 5.75 cm³/mol. The standard InChI is InChI=1S/Al.6FH.Yb/h;6*1H;/q+3;;;;;;;+3/p-6. The van der Waals surface area contributed by atoms with Crippen molar-refractivity contribution >= 4 is 17.4 Å². The molecule has 0 unspecified atom stereocenters. The summed E-state index contributed by atoms with van der Waals surface area (Å²) in [6, 6.07) is 0. The second-order valence-corrected chi connectivity index (χ2v) is 0. The van der Waals surface area contributed by atoms with Gasteiger partial charge in [0.25, 0.3) is 0 Å². The van der Waals surface area contributed by atoms with E-state index in [4.69, 9.17) is 0 Å². The van der Waals surface area contributed by atoms with Crippen LogP contribution in [0.25, 0.3) is 0 Å². The molecule has 0 aromatic heterocycles. The molecule has 0 nitrogen and oxygen atoms in total. The minimum Gasteiger partial charge on any atom is -1.00 e. The van der Waals surface area contributed by atoms with Gasteiger partial charge in [0.05, 0.1) is 0 Å². The predicted octanol–water partition coefficient (Wildman–Crippen LogP) is -18.4. The van der Waals surface area contributed by atoms with Crippen LogP contribution in [0.4, 0.5) is 0 Å². The van der Waals surface area contributed by atoms with Gasteiger partial charge in [0.15, 0.2) is 0 Å². The van der Waals surface area contributed by atoms with Crippen molar-refractivity contribution in [2.75, 3.05) is 0 Å². The number of halogens is 6. The molecule has 0 saturated carbocycles. The van der Waals surface area contributed by atoms with Crippen molar-refractivity contribution in [1.29, 1.82) is 0 Å². The molecule has 0 aliphatic carbocycles. The van der Waals surface area contributed by atoms with Gasteiger partial charge in [0, 0.05) is 0 Å². The molecule has 1 radical (unpaired) electrons. The van der Waals surface area contributed by atoms with Crippen LogP contribution in [0.3, 0.4) is 0 Å². The Bertz CT molecular complexity index is 8.49. The number of hydrogen-bond donors (Lipinski definition) is 0. The maximum absolute atomic E-state index is 0. The molecular weight excluding hydrogens is 314 g/mol. The summed E-state index contributed by atoms with van der Waals surface area (Å²) in [7, 11) is 0. The average molecular weight is 314 g/mol. The third-order valence-electron chi connectivity index (χ3n) is 0. The van der Waals surface area contributed by atoms with Gasteiger partial charge in [0.1, 0.15) is 0 Å². The van der Waals surface area contributed by atoms with Crippen LogP contribution in [-0.2, 0) is 0 Å². The summed E-state index contributed by atoms with van der Waals surface area (Å²) in [6.45, 7) is 0. The fourth-order valence-corrected chi connectivity index (χ4v) is 0. The summed E-state index contributed by atoms with van der Waals surface area (Å²) < 4.78 is 0. The van der Waals surface area contributed by atoms with Crippen molar-refractivity contribution in [3.63, 3.8) is 0 Å². The van der Waals surface area contributed by atoms with Crippen LogP contribution in [0.15, 0.2) is 0 Å². The Morgan fingerprint density at radius 2 is 0.375 bits per heavy atom. The smallest absolute Gasteiger partial charge is 1.00 e. The van der Waals surface area contributed by atoms with Crippen LogP contribution in [-0.4, -0.2) is 17.4 Å².